The summed E-state index contributed by atoms with van der Waals surface area (Å²) in [5.74, 6) is -1.45. The highest BCUT2D eigenvalue weighted by molar-refractivity contribution is 5.65. The molecule has 0 N–H and O–H groups in total. The summed E-state index contributed by atoms with van der Waals surface area (Å²) in [6.07, 6.45) is 7.37. The van der Waals surface area contributed by atoms with Crippen LogP contribution < -0.4 is 4.74 Å². The molecule has 0 heterocycles. The zero-order valence-electron chi connectivity index (χ0n) is 17.5. The van der Waals surface area contributed by atoms with Crippen LogP contribution in [0.4, 0.5) is 17.6 Å². The third-order valence-corrected chi connectivity index (χ3v) is 6.17. The van der Waals surface area contributed by atoms with Gasteiger partial charge in [0.1, 0.15) is 6.61 Å². The van der Waals surface area contributed by atoms with E-state index in [9.17, 15) is 17.6 Å². The summed E-state index contributed by atoms with van der Waals surface area (Å²) >= 11 is 0. The first-order valence-electron chi connectivity index (χ1n) is 11.0. The second-order valence-electron chi connectivity index (χ2n) is 8.28. The van der Waals surface area contributed by atoms with Crippen LogP contribution in [0.3, 0.4) is 0 Å². The Morgan fingerprint density at radius 2 is 1.60 bits per heavy atom. The van der Waals surface area contributed by atoms with Gasteiger partial charge in [-0.1, -0.05) is 56.9 Å². The molecule has 1 aliphatic carbocycles. The monoisotopic (exact) mass is 422 g/mol. The van der Waals surface area contributed by atoms with Crippen molar-refractivity contribution in [2.24, 2.45) is 5.92 Å². The maximum atomic E-state index is 14.5. The Hall–Kier alpha value is -2.04. The fraction of sp³-hybridized carbons (Fsp3) is 0.520. The predicted octanol–water partition coefficient (Wildman–Crippen LogP) is 8.13. The normalized spacial score (nSPS) is 19.3. The molecular weight excluding hydrogens is 392 g/mol. The molecular formula is C25H30F4O. The van der Waals surface area contributed by atoms with Gasteiger partial charge in [-0.15, -0.1) is 0 Å². The van der Waals surface area contributed by atoms with Crippen molar-refractivity contribution in [3.63, 3.8) is 0 Å². The van der Waals surface area contributed by atoms with Crippen molar-refractivity contribution >= 4 is 0 Å². The third-order valence-electron chi connectivity index (χ3n) is 6.17. The summed E-state index contributed by atoms with van der Waals surface area (Å²) in [5.41, 5.74) is 1.90. The second kappa shape index (κ2) is 10.8. The van der Waals surface area contributed by atoms with Crippen LogP contribution in [0.1, 0.15) is 69.8 Å². The minimum absolute atomic E-state index is 0.100. The molecule has 2 aromatic carbocycles. The number of rotatable bonds is 9. The van der Waals surface area contributed by atoms with Gasteiger partial charge in [0.25, 0.3) is 6.43 Å². The molecule has 0 spiro atoms. The van der Waals surface area contributed by atoms with Gasteiger partial charge in [-0.3, -0.25) is 0 Å². The third kappa shape index (κ3) is 5.77. The maximum Gasteiger partial charge on any atom is 0.272 e. The van der Waals surface area contributed by atoms with Crippen molar-refractivity contribution in [3.05, 3.63) is 53.6 Å². The molecule has 1 nitrogen and oxygen atoms in total. The van der Waals surface area contributed by atoms with Crippen molar-refractivity contribution in [3.8, 4) is 16.9 Å². The molecule has 3 rings (SSSR count). The predicted molar refractivity (Wildman–Crippen MR) is 112 cm³/mol. The molecule has 0 bridgehead atoms. The van der Waals surface area contributed by atoms with Gasteiger partial charge in [0, 0.05) is 5.56 Å². The number of hydrogen-bond donors (Lipinski definition) is 0. The molecule has 0 unspecified atom stereocenters. The number of hydrogen-bond acceptors (Lipinski definition) is 1. The molecule has 0 aliphatic heterocycles. The second-order valence-corrected chi connectivity index (χ2v) is 8.28. The van der Waals surface area contributed by atoms with E-state index in [1.165, 1.54) is 69.1 Å². The number of ether oxygens (including phenoxy) is 1. The number of alkyl halides is 2. The average Bonchev–Trinajstić information content (AvgIpc) is 2.76. The van der Waals surface area contributed by atoms with E-state index in [0.717, 1.165) is 5.92 Å². The largest absolute Gasteiger partial charge is 0.484 e. The van der Waals surface area contributed by atoms with Crippen LogP contribution in [0.25, 0.3) is 11.1 Å². The quantitative estimate of drug-likeness (QED) is 0.293. The van der Waals surface area contributed by atoms with Crippen LogP contribution in [0.2, 0.25) is 0 Å². The van der Waals surface area contributed by atoms with E-state index >= 15 is 0 Å². The van der Waals surface area contributed by atoms with Crippen LogP contribution in [-0.4, -0.2) is 13.0 Å². The molecule has 0 aromatic heterocycles. The van der Waals surface area contributed by atoms with Crippen molar-refractivity contribution in [1.82, 2.24) is 0 Å². The van der Waals surface area contributed by atoms with Crippen LogP contribution in [0, 0.1) is 17.6 Å². The molecule has 1 aliphatic rings. The van der Waals surface area contributed by atoms with Crippen molar-refractivity contribution in [1.29, 1.82) is 0 Å². The smallest absolute Gasteiger partial charge is 0.272 e. The summed E-state index contributed by atoms with van der Waals surface area (Å²) in [6.45, 7) is 1.27. The zero-order chi connectivity index (χ0) is 21.5. The SMILES string of the molecule is CCCCCC1CCC(c2ccc(-c3ccc(OCC(F)F)c(F)c3F)cc2)CC1. The first-order chi connectivity index (χ1) is 14.5. The Labute approximate surface area is 176 Å². The summed E-state index contributed by atoms with van der Waals surface area (Å²) < 4.78 is 57.7. The van der Waals surface area contributed by atoms with Crippen molar-refractivity contribution in [2.45, 2.75) is 70.6 Å². The lowest BCUT2D eigenvalue weighted by Gasteiger charge is -2.29. The van der Waals surface area contributed by atoms with Gasteiger partial charge in [-0.25, -0.2) is 13.2 Å². The molecule has 0 amide bonds. The Balaban J connectivity index is 1.63. The number of unbranched alkanes of at least 4 members (excludes halogenated alkanes) is 2. The van der Waals surface area contributed by atoms with Gasteiger partial charge in [0.15, 0.2) is 11.6 Å². The summed E-state index contributed by atoms with van der Waals surface area (Å²) in [6, 6.07) is 10.2. The maximum absolute atomic E-state index is 14.5. The Morgan fingerprint density at radius 3 is 2.23 bits per heavy atom. The van der Waals surface area contributed by atoms with Gasteiger partial charge < -0.3 is 4.74 Å². The van der Waals surface area contributed by atoms with Crippen LogP contribution in [0.5, 0.6) is 5.75 Å². The molecule has 0 saturated heterocycles. The zero-order valence-corrected chi connectivity index (χ0v) is 17.5. The highest BCUT2D eigenvalue weighted by Crippen LogP contribution is 2.38. The topological polar surface area (TPSA) is 9.23 Å². The van der Waals surface area contributed by atoms with Gasteiger partial charge in [-0.05, 0) is 60.8 Å². The van der Waals surface area contributed by atoms with Gasteiger partial charge in [0.05, 0.1) is 0 Å². The van der Waals surface area contributed by atoms with Crippen molar-refractivity contribution in [2.75, 3.05) is 6.61 Å². The molecule has 0 radical (unpaired) electrons. The van der Waals surface area contributed by atoms with Crippen molar-refractivity contribution < 1.29 is 22.3 Å². The molecule has 1 fully saturated rings. The molecule has 0 atom stereocenters. The fourth-order valence-corrected chi connectivity index (χ4v) is 4.42. The highest BCUT2D eigenvalue weighted by Gasteiger charge is 2.22. The molecule has 30 heavy (non-hydrogen) atoms. The Kier molecular flexibility index (Phi) is 8.17. The van der Waals surface area contributed by atoms with E-state index in [0.29, 0.717) is 11.5 Å². The van der Waals surface area contributed by atoms with E-state index in [-0.39, 0.29) is 5.56 Å². The summed E-state index contributed by atoms with van der Waals surface area (Å²) in [4.78, 5) is 0. The fourth-order valence-electron chi connectivity index (χ4n) is 4.42. The molecule has 164 valence electrons. The Bertz CT molecular complexity index is 796. The Morgan fingerprint density at radius 1 is 0.900 bits per heavy atom. The summed E-state index contributed by atoms with van der Waals surface area (Å²) in [5, 5.41) is 0. The lowest BCUT2D eigenvalue weighted by Crippen LogP contribution is -2.13. The van der Waals surface area contributed by atoms with Crippen LogP contribution in [0.15, 0.2) is 36.4 Å². The van der Waals surface area contributed by atoms with Gasteiger partial charge in [0.2, 0.25) is 5.82 Å². The number of halogens is 4. The highest BCUT2D eigenvalue weighted by atomic mass is 19.3. The average molecular weight is 423 g/mol. The van der Waals surface area contributed by atoms with E-state index in [2.05, 4.69) is 11.7 Å². The summed E-state index contributed by atoms with van der Waals surface area (Å²) in [7, 11) is 0. The molecule has 5 heteroatoms. The standard InChI is InChI=1S/C25H30F4O/c1-2-3-4-5-17-6-8-18(9-7-17)19-10-12-20(13-11-19)21-14-15-22(25(29)24(21)28)30-16-23(26)27/h10-15,17-18,23H,2-9,16H2,1H3. The first-order valence-corrected chi connectivity index (χ1v) is 11.0. The molecule has 2 aromatic rings. The van der Waals surface area contributed by atoms with Gasteiger partial charge >= 0.3 is 0 Å². The minimum Gasteiger partial charge on any atom is -0.484 e. The van der Waals surface area contributed by atoms with E-state index in [1.54, 1.807) is 12.1 Å². The lowest BCUT2D eigenvalue weighted by atomic mass is 9.77. The molecule has 1 saturated carbocycles. The minimum atomic E-state index is -2.74. The van der Waals surface area contributed by atoms with Crippen LogP contribution in [-0.2, 0) is 0 Å². The lowest BCUT2D eigenvalue weighted by molar-refractivity contribution is 0.0795. The van der Waals surface area contributed by atoms with E-state index in [4.69, 9.17) is 0 Å². The van der Waals surface area contributed by atoms with Gasteiger partial charge in [-0.2, -0.15) is 4.39 Å². The van der Waals surface area contributed by atoms with E-state index < -0.39 is 30.4 Å². The van der Waals surface area contributed by atoms with Crippen LogP contribution >= 0.6 is 0 Å². The number of benzene rings is 2. The first kappa shape index (κ1) is 22.6. The van der Waals surface area contributed by atoms with E-state index in [1.807, 2.05) is 12.1 Å².